The number of nitrogens with zero attached hydrogens (tertiary/aromatic N) is 1. The van der Waals surface area contributed by atoms with Gasteiger partial charge in [-0.1, -0.05) is 44.0 Å². The van der Waals surface area contributed by atoms with Gasteiger partial charge in [-0.05, 0) is 41.5 Å². The quantitative estimate of drug-likeness (QED) is 0.411. The van der Waals surface area contributed by atoms with Gasteiger partial charge in [0.05, 0.1) is 4.92 Å². The predicted octanol–water partition coefficient (Wildman–Crippen LogP) is 5.29. The van der Waals surface area contributed by atoms with Gasteiger partial charge < -0.3 is 0 Å². The molecule has 0 amide bonds. The van der Waals surface area contributed by atoms with E-state index in [1.54, 1.807) is 12.1 Å². The zero-order valence-electron chi connectivity index (χ0n) is 9.72. The van der Waals surface area contributed by atoms with Crippen LogP contribution in [0, 0.1) is 10.1 Å². The van der Waals surface area contributed by atoms with E-state index in [1.807, 2.05) is 30.4 Å². The second kappa shape index (κ2) is 6.12. The number of nitro benzene ring substituents is 1. The van der Waals surface area contributed by atoms with Gasteiger partial charge in [-0.15, -0.1) is 0 Å². The van der Waals surface area contributed by atoms with E-state index < -0.39 is 4.92 Å². The lowest BCUT2D eigenvalue weighted by molar-refractivity contribution is -0.384. The summed E-state index contributed by atoms with van der Waals surface area (Å²) in [6.45, 7) is 0. The van der Waals surface area contributed by atoms with Crippen LogP contribution in [0.25, 0.3) is 12.2 Å². The fraction of sp³-hybridized carbons (Fsp3) is 0. The van der Waals surface area contributed by atoms with E-state index in [4.69, 9.17) is 0 Å². The summed E-state index contributed by atoms with van der Waals surface area (Å²) in [6, 6.07) is 12.3. The Morgan fingerprint density at radius 3 is 2.32 bits per heavy atom. The molecule has 0 aliphatic rings. The molecule has 96 valence electrons. The number of non-ortho nitro benzene ring substituents is 1. The van der Waals surface area contributed by atoms with Crippen LogP contribution in [0.2, 0.25) is 0 Å². The van der Waals surface area contributed by atoms with E-state index in [0.717, 1.165) is 20.1 Å². The molecule has 3 nitrogen and oxygen atoms in total. The van der Waals surface area contributed by atoms with Crippen molar-refractivity contribution in [3.63, 3.8) is 0 Å². The van der Waals surface area contributed by atoms with Gasteiger partial charge in [-0.3, -0.25) is 10.1 Å². The third-order valence-electron chi connectivity index (χ3n) is 2.52. The van der Waals surface area contributed by atoms with Crippen LogP contribution in [-0.2, 0) is 0 Å². The monoisotopic (exact) mass is 381 g/mol. The first-order valence-corrected chi connectivity index (χ1v) is 7.02. The number of rotatable bonds is 3. The van der Waals surface area contributed by atoms with Gasteiger partial charge in [0.1, 0.15) is 0 Å². The van der Waals surface area contributed by atoms with Crippen LogP contribution in [0.3, 0.4) is 0 Å². The molecule has 0 fully saturated rings. The summed E-state index contributed by atoms with van der Waals surface area (Å²) in [5.41, 5.74) is 2.05. The summed E-state index contributed by atoms with van der Waals surface area (Å²) in [5, 5.41) is 10.5. The van der Waals surface area contributed by atoms with Crippen molar-refractivity contribution < 1.29 is 4.92 Å². The minimum atomic E-state index is -0.404. The zero-order chi connectivity index (χ0) is 13.8. The van der Waals surface area contributed by atoms with Crippen molar-refractivity contribution >= 4 is 49.7 Å². The molecule has 0 atom stereocenters. The molecule has 0 aliphatic heterocycles. The van der Waals surface area contributed by atoms with Gasteiger partial charge in [-0.25, -0.2) is 0 Å². The lowest BCUT2D eigenvalue weighted by Crippen LogP contribution is -1.86. The SMILES string of the molecule is O=[N+]([O-])c1ccc(C=Cc2cc(Br)ccc2Br)cc1. The largest absolute Gasteiger partial charge is 0.269 e. The highest BCUT2D eigenvalue weighted by Gasteiger charge is 2.02. The van der Waals surface area contributed by atoms with Gasteiger partial charge in [0, 0.05) is 21.1 Å². The number of benzene rings is 2. The van der Waals surface area contributed by atoms with Crippen molar-refractivity contribution in [3.8, 4) is 0 Å². The number of hydrogen-bond acceptors (Lipinski definition) is 2. The molecule has 5 heteroatoms. The Kier molecular flexibility index (Phi) is 4.50. The van der Waals surface area contributed by atoms with Crippen LogP contribution < -0.4 is 0 Å². The van der Waals surface area contributed by atoms with Crippen molar-refractivity contribution in [2.24, 2.45) is 0 Å². The molecule has 0 unspecified atom stereocenters. The number of hydrogen-bond donors (Lipinski definition) is 0. The molecule has 0 aliphatic carbocycles. The molecule has 19 heavy (non-hydrogen) atoms. The van der Waals surface area contributed by atoms with Crippen LogP contribution >= 0.6 is 31.9 Å². The molecule has 2 aromatic rings. The van der Waals surface area contributed by atoms with E-state index in [9.17, 15) is 10.1 Å². The van der Waals surface area contributed by atoms with Crippen molar-refractivity contribution in [1.29, 1.82) is 0 Å². The lowest BCUT2D eigenvalue weighted by Gasteiger charge is -1.99. The summed E-state index contributed by atoms with van der Waals surface area (Å²) in [5.74, 6) is 0. The molecule has 0 heterocycles. The molecule has 0 radical (unpaired) electrons. The van der Waals surface area contributed by atoms with Gasteiger partial charge in [-0.2, -0.15) is 0 Å². The Bertz CT molecular complexity index is 636. The molecule has 2 rings (SSSR count). The first kappa shape index (κ1) is 14.0. The van der Waals surface area contributed by atoms with Crippen molar-refractivity contribution in [2.45, 2.75) is 0 Å². The molecule has 0 N–H and O–H groups in total. The Morgan fingerprint density at radius 1 is 1.00 bits per heavy atom. The van der Waals surface area contributed by atoms with Crippen LogP contribution in [0.5, 0.6) is 0 Å². The zero-order valence-corrected chi connectivity index (χ0v) is 12.9. The molecule has 2 aromatic carbocycles. The molecule has 0 aromatic heterocycles. The fourth-order valence-electron chi connectivity index (χ4n) is 1.54. The average molecular weight is 383 g/mol. The third-order valence-corrected chi connectivity index (χ3v) is 3.73. The molecule has 0 saturated carbocycles. The smallest absolute Gasteiger partial charge is 0.258 e. The van der Waals surface area contributed by atoms with E-state index in [1.165, 1.54) is 12.1 Å². The molecule has 0 saturated heterocycles. The first-order chi connectivity index (χ1) is 9.06. The Hall–Kier alpha value is -1.46. The minimum Gasteiger partial charge on any atom is -0.258 e. The van der Waals surface area contributed by atoms with Crippen molar-refractivity contribution in [1.82, 2.24) is 0 Å². The maximum Gasteiger partial charge on any atom is 0.269 e. The Balaban J connectivity index is 2.22. The van der Waals surface area contributed by atoms with Crippen LogP contribution in [0.15, 0.2) is 51.4 Å². The predicted molar refractivity (Wildman–Crippen MR) is 83.9 cm³/mol. The number of nitro groups is 1. The topological polar surface area (TPSA) is 43.1 Å². The van der Waals surface area contributed by atoms with E-state index in [2.05, 4.69) is 31.9 Å². The van der Waals surface area contributed by atoms with Crippen LogP contribution in [0.4, 0.5) is 5.69 Å². The average Bonchev–Trinajstić information content (AvgIpc) is 2.40. The molecule has 0 bridgehead atoms. The first-order valence-electron chi connectivity index (χ1n) is 5.44. The van der Waals surface area contributed by atoms with E-state index in [0.29, 0.717) is 0 Å². The maximum absolute atomic E-state index is 10.5. The molecule has 0 spiro atoms. The Labute approximate surface area is 127 Å². The van der Waals surface area contributed by atoms with Crippen molar-refractivity contribution in [3.05, 3.63) is 72.7 Å². The third kappa shape index (κ3) is 3.75. The maximum atomic E-state index is 10.5. The second-order valence-corrected chi connectivity index (χ2v) is 5.62. The molecular weight excluding hydrogens is 374 g/mol. The lowest BCUT2D eigenvalue weighted by atomic mass is 10.1. The van der Waals surface area contributed by atoms with Gasteiger partial charge in [0.25, 0.3) is 5.69 Å². The summed E-state index contributed by atoms with van der Waals surface area (Å²) >= 11 is 6.89. The second-order valence-electron chi connectivity index (χ2n) is 3.85. The van der Waals surface area contributed by atoms with Crippen LogP contribution in [-0.4, -0.2) is 4.92 Å². The van der Waals surface area contributed by atoms with Crippen molar-refractivity contribution in [2.75, 3.05) is 0 Å². The van der Waals surface area contributed by atoms with Gasteiger partial charge >= 0.3 is 0 Å². The number of halogens is 2. The highest BCUT2D eigenvalue weighted by atomic mass is 79.9. The van der Waals surface area contributed by atoms with Crippen LogP contribution in [0.1, 0.15) is 11.1 Å². The van der Waals surface area contributed by atoms with E-state index in [-0.39, 0.29) is 5.69 Å². The normalized spacial score (nSPS) is 10.8. The summed E-state index contributed by atoms with van der Waals surface area (Å²) < 4.78 is 1.99. The van der Waals surface area contributed by atoms with E-state index >= 15 is 0 Å². The van der Waals surface area contributed by atoms with Gasteiger partial charge in [0.15, 0.2) is 0 Å². The summed E-state index contributed by atoms with van der Waals surface area (Å²) in [6.07, 6.45) is 3.87. The highest BCUT2D eigenvalue weighted by Crippen LogP contribution is 2.23. The highest BCUT2D eigenvalue weighted by molar-refractivity contribution is 9.11. The molecular formula is C14H9Br2NO2. The summed E-state index contributed by atoms with van der Waals surface area (Å²) in [4.78, 5) is 10.1. The fourth-order valence-corrected chi connectivity index (χ4v) is 2.29. The van der Waals surface area contributed by atoms with Gasteiger partial charge in [0.2, 0.25) is 0 Å². The summed E-state index contributed by atoms with van der Waals surface area (Å²) in [7, 11) is 0. The Morgan fingerprint density at radius 2 is 1.68 bits per heavy atom. The minimum absolute atomic E-state index is 0.0980. The standard InChI is InChI=1S/C14H9Br2NO2/c15-12-5-8-14(16)11(9-12)4-1-10-2-6-13(7-3-10)17(18)19/h1-9H.